The van der Waals surface area contributed by atoms with Gasteiger partial charge in [-0.3, -0.25) is 13.9 Å². The van der Waals surface area contributed by atoms with Crippen LogP contribution in [0, 0.1) is 0 Å². The fourth-order valence-corrected chi connectivity index (χ4v) is 5.55. The molecule has 0 atom stereocenters. The zero-order valence-corrected chi connectivity index (χ0v) is 28.7. The second-order valence-electron chi connectivity index (χ2n) is 12.2. The molecule has 3 aromatic rings. The van der Waals surface area contributed by atoms with E-state index in [9.17, 15) is 13.2 Å². The van der Waals surface area contributed by atoms with Gasteiger partial charge in [0.05, 0.1) is 42.1 Å². The lowest BCUT2D eigenvalue weighted by molar-refractivity contribution is -0.0573. The van der Waals surface area contributed by atoms with Crippen molar-refractivity contribution in [2.75, 3.05) is 48.2 Å². The summed E-state index contributed by atoms with van der Waals surface area (Å²) >= 11 is 0. The number of ether oxygens (including phenoxy) is 2. The number of rotatable bonds is 17. The van der Waals surface area contributed by atoms with E-state index in [1.165, 1.54) is 17.5 Å². The number of carbonyl (C=O) groups excluding carboxylic acids is 1. The third kappa shape index (κ3) is 10.5. The summed E-state index contributed by atoms with van der Waals surface area (Å²) in [7, 11) is -3.17. The maximum atomic E-state index is 13.0. The van der Waals surface area contributed by atoms with Gasteiger partial charge in [-0.05, 0) is 61.1 Å². The van der Waals surface area contributed by atoms with Crippen molar-refractivity contribution < 1.29 is 27.5 Å². The molecule has 1 aromatic carbocycles. The van der Waals surface area contributed by atoms with Gasteiger partial charge in [0.2, 0.25) is 10.0 Å². The largest absolute Gasteiger partial charge is 0.356 e. The highest BCUT2D eigenvalue weighted by Crippen LogP contribution is 2.43. The quantitative estimate of drug-likeness (QED) is 0.0711. The van der Waals surface area contributed by atoms with Crippen LogP contribution >= 0.6 is 0 Å². The Morgan fingerprint density at radius 3 is 2.40 bits per heavy atom. The summed E-state index contributed by atoms with van der Waals surface area (Å²) in [6.45, 7) is 10.3. The number of benzene rings is 1. The molecule has 4 rings (SSSR count). The topological polar surface area (TPSA) is 144 Å². The van der Waals surface area contributed by atoms with Crippen molar-refractivity contribution >= 4 is 52.7 Å². The van der Waals surface area contributed by atoms with Crippen LogP contribution in [0.25, 0.3) is 0 Å². The van der Waals surface area contributed by atoms with Crippen molar-refractivity contribution in [2.24, 2.45) is 0 Å². The summed E-state index contributed by atoms with van der Waals surface area (Å²) in [6.07, 6.45) is 6.43. The van der Waals surface area contributed by atoms with Crippen LogP contribution in [-0.4, -0.2) is 65.7 Å². The van der Waals surface area contributed by atoms with Gasteiger partial charge < -0.3 is 20.1 Å². The molecule has 0 unspecified atom stereocenters. The van der Waals surface area contributed by atoms with Crippen molar-refractivity contribution in [3.05, 3.63) is 65.5 Å². The Hall–Kier alpha value is -3.56. The third-order valence-electron chi connectivity index (χ3n) is 7.15. The number of nitrogens with zero attached hydrogens (tertiary/aromatic N) is 3. The highest BCUT2D eigenvalue weighted by Gasteiger charge is 2.26. The van der Waals surface area contributed by atoms with Crippen molar-refractivity contribution in [1.82, 2.24) is 15.4 Å². The Kier molecular flexibility index (Phi) is 11.5. The number of carbonyl (C=O) groups is 1. The maximum absolute atomic E-state index is 13.0. The average molecular weight is 657 g/mol. The smallest absolute Gasteiger partial charge is 0.278 e. The van der Waals surface area contributed by atoms with Crippen molar-refractivity contribution in [1.29, 1.82) is 0 Å². The van der Waals surface area contributed by atoms with E-state index in [0.29, 0.717) is 47.8 Å². The highest BCUT2D eigenvalue weighted by molar-refractivity contribution is 7.92. The fourth-order valence-electron chi connectivity index (χ4n) is 4.28. The molecule has 0 aliphatic heterocycles. The van der Waals surface area contributed by atoms with Crippen LogP contribution in [0.3, 0.4) is 0 Å². The van der Waals surface area contributed by atoms with Gasteiger partial charge in [-0.2, -0.15) is 0 Å². The second-order valence-corrected chi connectivity index (χ2v) is 19.9. The first-order valence-electron chi connectivity index (χ1n) is 15.0. The van der Waals surface area contributed by atoms with Gasteiger partial charge in [-0.1, -0.05) is 31.8 Å². The number of hydrogen-bond acceptors (Lipinski definition) is 10. The van der Waals surface area contributed by atoms with Crippen LogP contribution in [0.4, 0.5) is 28.7 Å². The van der Waals surface area contributed by atoms with Crippen molar-refractivity contribution in [3.63, 3.8) is 0 Å². The second kappa shape index (κ2) is 15.1. The molecular weight excluding hydrogens is 613 g/mol. The maximum Gasteiger partial charge on any atom is 0.278 e. The molecule has 12 nitrogen and oxygen atoms in total. The van der Waals surface area contributed by atoms with Crippen LogP contribution in [-0.2, 0) is 30.9 Å². The first kappa shape index (κ1) is 34.3. The zero-order valence-electron chi connectivity index (χ0n) is 26.8. The fraction of sp³-hybridized carbons (Fsp3) is 0.452. The molecule has 0 radical (unpaired) electrons. The lowest BCUT2D eigenvalue weighted by atomic mass is 10.1. The third-order valence-corrected chi connectivity index (χ3v) is 10.0. The molecule has 3 N–H and O–H groups in total. The van der Waals surface area contributed by atoms with Crippen LogP contribution in [0.5, 0.6) is 0 Å². The molecule has 1 aliphatic carbocycles. The van der Waals surface area contributed by atoms with Crippen LogP contribution in [0.1, 0.15) is 47.2 Å². The molecule has 1 aliphatic rings. The number of pyridine rings is 2. The minimum Gasteiger partial charge on any atom is -0.356 e. The van der Waals surface area contributed by atoms with Gasteiger partial charge in [0.15, 0.2) is 0 Å². The summed E-state index contributed by atoms with van der Waals surface area (Å²) in [5, 5.41) is 6.44. The number of hydroxylamine groups is 1. The summed E-state index contributed by atoms with van der Waals surface area (Å²) in [5.41, 5.74) is 5.97. The molecule has 1 amide bonds. The lowest BCUT2D eigenvalue weighted by Gasteiger charge is -2.23. The standard InChI is InChI=1S/C31H44N6O6SSi/c1-7-43-36-31(38)25-19-33-30(35-29-13-8-22(18-32-29)20-42-21-41-14-15-45(4,5)6)17-27(25)34-26-12-11-24(23-9-10-23)16-28(26)37(2)44(3,39)40/h8,11-13,16-19,23H,7,9-10,14-15,20-21H2,1-6H3,(H,36,38)(H2,32,33,34,35). The molecule has 1 saturated carbocycles. The summed E-state index contributed by atoms with van der Waals surface area (Å²) in [4.78, 5) is 27.0. The number of hydrogen-bond donors (Lipinski definition) is 3. The zero-order chi connectivity index (χ0) is 32.6. The van der Waals surface area contributed by atoms with E-state index in [-0.39, 0.29) is 19.0 Å². The minimum absolute atomic E-state index is 0.209. The Morgan fingerprint density at radius 1 is 1.00 bits per heavy atom. The molecule has 45 heavy (non-hydrogen) atoms. The Labute approximate surface area is 266 Å². The van der Waals surface area contributed by atoms with Gasteiger partial charge in [-0.25, -0.2) is 23.9 Å². The van der Waals surface area contributed by atoms with Crippen molar-refractivity contribution in [2.45, 2.75) is 58.0 Å². The van der Waals surface area contributed by atoms with E-state index >= 15 is 0 Å². The first-order chi connectivity index (χ1) is 21.3. The molecule has 1 fully saturated rings. The first-order valence-corrected chi connectivity index (χ1v) is 20.5. The van der Waals surface area contributed by atoms with E-state index in [1.807, 2.05) is 30.3 Å². The minimum atomic E-state index is -3.55. The number of amides is 1. The van der Waals surface area contributed by atoms with E-state index in [1.54, 1.807) is 19.2 Å². The predicted molar refractivity (Wildman–Crippen MR) is 180 cm³/mol. The summed E-state index contributed by atoms with van der Waals surface area (Å²) < 4.78 is 37.5. The summed E-state index contributed by atoms with van der Waals surface area (Å²) in [5.74, 6) is 0.887. The number of nitrogens with one attached hydrogen (secondary N) is 3. The van der Waals surface area contributed by atoms with Crippen LogP contribution in [0.2, 0.25) is 25.7 Å². The normalized spacial score (nSPS) is 13.4. The van der Waals surface area contributed by atoms with Crippen LogP contribution < -0.4 is 20.4 Å². The molecule has 244 valence electrons. The lowest BCUT2D eigenvalue weighted by Crippen LogP contribution is -2.26. The monoisotopic (exact) mass is 656 g/mol. The van der Waals surface area contributed by atoms with Gasteiger partial charge in [-0.15, -0.1) is 0 Å². The Bertz CT molecular complexity index is 1560. The number of sulfonamides is 1. The molecular formula is C31H44N6O6SSi. The Balaban J connectivity index is 1.51. The number of aromatic nitrogens is 2. The van der Waals surface area contributed by atoms with Crippen LogP contribution in [0.15, 0.2) is 48.8 Å². The van der Waals surface area contributed by atoms with E-state index < -0.39 is 24.0 Å². The molecule has 2 heterocycles. The highest BCUT2D eigenvalue weighted by atomic mass is 32.2. The predicted octanol–water partition coefficient (Wildman–Crippen LogP) is 5.75. The van der Waals surface area contributed by atoms with Gasteiger partial charge in [0.25, 0.3) is 5.91 Å². The number of anilines is 5. The molecule has 0 bridgehead atoms. The van der Waals surface area contributed by atoms with Crippen molar-refractivity contribution in [3.8, 4) is 0 Å². The Morgan fingerprint density at radius 2 is 1.76 bits per heavy atom. The van der Waals surface area contributed by atoms with E-state index in [0.717, 1.165) is 36.3 Å². The molecule has 14 heteroatoms. The van der Waals surface area contributed by atoms with Gasteiger partial charge in [0, 0.05) is 40.2 Å². The SMILES string of the molecule is CCONC(=O)c1cnc(Nc2ccc(COCOCC[Si](C)(C)C)cn2)cc1Nc1ccc(C2CC2)cc1N(C)S(C)(=O)=O. The average Bonchev–Trinajstić information content (AvgIpc) is 3.83. The van der Waals surface area contributed by atoms with E-state index in [2.05, 4.69) is 45.7 Å². The molecule has 0 spiro atoms. The van der Waals surface area contributed by atoms with E-state index in [4.69, 9.17) is 14.3 Å². The molecule has 0 saturated heterocycles. The summed E-state index contributed by atoms with van der Waals surface area (Å²) in [6, 6.07) is 12.2. The molecule has 2 aromatic heterocycles. The van der Waals surface area contributed by atoms with Gasteiger partial charge >= 0.3 is 0 Å². The van der Waals surface area contributed by atoms with Gasteiger partial charge in [0.1, 0.15) is 18.4 Å².